The monoisotopic (exact) mass is 325 g/mol. The van der Waals surface area contributed by atoms with Gasteiger partial charge in [0.15, 0.2) is 0 Å². The highest BCUT2D eigenvalue weighted by atomic mass is 35.5. The minimum atomic E-state index is 0.360. The molecule has 3 heterocycles. The van der Waals surface area contributed by atoms with Crippen LogP contribution in [0.25, 0.3) is 0 Å². The third-order valence-corrected chi connectivity index (χ3v) is 4.42. The zero-order chi connectivity index (χ0) is 14.7. The number of nitrogens with zero attached hydrogens (tertiary/aromatic N) is 4. The average Bonchev–Trinajstić information content (AvgIpc) is 3.16. The van der Waals surface area contributed by atoms with E-state index in [9.17, 15) is 0 Å². The van der Waals surface area contributed by atoms with Gasteiger partial charge in [-0.2, -0.15) is 15.0 Å². The Hall–Kier alpha value is -1.64. The molecular formula is C12H16ClN7S. The van der Waals surface area contributed by atoms with Gasteiger partial charge in [-0.25, -0.2) is 5.84 Å². The summed E-state index contributed by atoms with van der Waals surface area (Å²) >= 11 is 7.44. The molecule has 7 nitrogen and oxygen atoms in total. The zero-order valence-electron chi connectivity index (χ0n) is 11.3. The lowest BCUT2D eigenvalue weighted by atomic mass is 10.4. The van der Waals surface area contributed by atoms with Crippen LogP contribution in [0, 0.1) is 0 Å². The Bertz CT molecular complexity index is 611. The van der Waals surface area contributed by atoms with Crippen molar-refractivity contribution in [3.63, 3.8) is 0 Å². The van der Waals surface area contributed by atoms with Crippen molar-refractivity contribution in [2.75, 3.05) is 28.7 Å². The number of halogens is 1. The van der Waals surface area contributed by atoms with Gasteiger partial charge in [0.1, 0.15) is 0 Å². The molecule has 1 aliphatic heterocycles. The molecule has 0 unspecified atom stereocenters. The number of aromatic nitrogens is 3. The lowest BCUT2D eigenvalue weighted by molar-refractivity contribution is 0.876. The van der Waals surface area contributed by atoms with E-state index in [2.05, 4.69) is 30.6 Å². The highest BCUT2D eigenvalue weighted by molar-refractivity contribution is 7.16. The summed E-state index contributed by atoms with van der Waals surface area (Å²) < 4.78 is 0.768. The van der Waals surface area contributed by atoms with E-state index >= 15 is 0 Å². The molecule has 3 rings (SSSR count). The summed E-state index contributed by atoms with van der Waals surface area (Å²) in [5.41, 5.74) is 2.49. The molecule has 0 spiro atoms. The predicted molar refractivity (Wildman–Crippen MR) is 85.7 cm³/mol. The number of nitrogens with one attached hydrogen (secondary N) is 2. The molecular weight excluding hydrogens is 310 g/mol. The summed E-state index contributed by atoms with van der Waals surface area (Å²) in [5.74, 6) is 6.95. The molecule has 2 aromatic rings. The predicted octanol–water partition coefficient (Wildman–Crippen LogP) is 2.08. The molecule has 1 aliphatic rings. The minimum Gasteiger partial charge on any atom is -0.349 e. The largest absolute Gasteiger partial charge is 0.349 e. The van der Waals surface area contributed by atoms with Gasteiger partial charge >= 0.3 is 0 Å². The van der Waals surface area contributed by atoms with E-state index in [-0.39, 0.29) is 0 Å². The second-order valence-electron chi connectivity index (χ2n) is 4.68. The van der Waals surface area contributed by atoms with E-state index in [1.54, 1.807) is 0 Å². The van der Waals surface area contributed by atoms with E-state index in [0.29, 0.717) is 24.4 Å². The molecule has 0 radical (unpaired) electrons. The van der Waals surface area contributed by atoms with Gasteiger partial charge in [0.2, 0.25) is 17.8 Å². The number of nitrogen functional groups attached to an aromatic ring is 1. The summed E-state index contributed by atoms with van der Waals surface area (Å²) in [6.45, 7) is 2.55. The number of hydrogen-bond acceptors (Lipinski definition) is 8. The smallest absolute Gasteiger partial charge is 0.243 e. The van der Waals surface area contributed by atoms with Crippen LogP contribution >= 0.6 is 22.9 Å². The second-order valence-corrected chi connectivity index (χ2v) is 6.48. The average molecular weight is 326 g/mol. The van der Waals surface area contributed by atoms with Crippen molar-refractivity contribution < 1.29 is 0 Å². The van der Waals surface area contributed by atoms with E-state index < -0.39 is 0 Å². The van der Waals surface area contributed by atoms with E-state index in [1.807, 2.05) is 12.1 Å². The molecule has 1 fully saturated rings. The van der Waals surface area contributed by atoms with E-state index in [4.69, 9.17) is 17.4 Å². The van der Waals surface area contributed by atoms with Gasteiger partial charge < -0.3 is 10.2 Å². The lowest BCUT2D eigenvalue weighted by Crippen LogP contribution is -2.23. The van der Waals surface area contributed by atoms with Crippen LogP contribution in [0.15, 0.2) is 12.1 Å². The Morgan fingerprint density at radius 2 is 1.95 bits per heavy atom. The van der Waals surface area contributed by atoms with Gasteiger partial charge in [-0.1, -0.05) is 11.6 Å². The van der Waals surface area contributed by atoms with Gasteiger partial charge in [-0.15, -0.1) is 11.3 Å². The van der Waals surface area contributed by atoms with E-state index in [1.165, 1.54) is 11.3 Å². The second kappa shape index (κ2) is 6.42. The first kappa shape index (κ1) is 14.3. The molecule has 112 valence electrons. The van der Waals surface area contributed by atoms with Crippen molar-refractivity contribution >= 4 is 40.8 Å². The standard InChI is InChI=1S/C12H16ClN7S/c13-9-4-3-8(21-9)7-15-10-16-11(19-14)18-12(17-10)20-5-1-2-6-20/h3-4H,1-2,5-7,14H2,(H2,15,16,17,18,19). The van der Waals surface area contributed by atoms with Crippen LogP contribution in [-0.4, -0.2) is 28.0 Å². The molecule has 0 bridgehead atoms. The number of nitrogens with two attached hydrogens (primary N) is 1. The van der Waals surface area contributed by atoms with Crippen LogP contribution in [0.1, 0.15) is 17.7 Å². The van der Waals surface area contributed by atoms with Crippen molar-refractivity contribution in [1.82, 2.24) is 15.0 Å². The van der Waals surface area contributed by atoms with Gasteiger partial charge in [0, 0.05) is 18.0 Å². The van der Waals surface area contributed by atoms with Crippen molar-refractivity contribution in [2.45, 2.75) is 19.4 Å². The van der Waals surface area contributed by atoms with Crippen LogP contribution in [0.2, 0.25) is 4.34 Å². The maximum atomic E-state index is 5.92. The fourth-order valence-corrected chi connectivity index (χ4v) is 3.21. The zero-order valence-corrected chi connectivity index (χ0v) is 12.9. The first-order valence-electron chi connectivity index (χ1n) is 6.70. The first-order valence-corrected chi connectivity index (χ1v) is 7.90. The summed E-state index contributed by atoms with van der Waals surface area (Å²) in [4.78, 5) is 16.2. The van der Waals surface area contributed by atoms with E-state index in [0.717, 1.165) is 35.1 Å². The molecule has 9 heteroatoms. The Morgan fingerprint density at radius 1 is 1.19 bits per heavy atom. The van der Waals surface area contributed by atoms with Crippen molar-refractivity contribution in [1.29, 1.82) is 0 Å². The summed E-state index contributed by atoms with van der Waals surface area (Å²) in [6.07, 6.45) is 2.32. The maximum absolute atomic E-state index is 5.92. The van der Waals surface area contributed by atoms with Crippen LogP contribution in [0.5, 0.6) is 0 Å². The molecule has 0 saturated carbocycles. The molecule has 0 aromatic carbocycles. The SMILES string of the molecule is NNc1nc(NCc2ccc(Cl)s2)nc(N2CCCC2)n1. The highest BCUT2D eigenvalue weighted by Crippen LogP contribution is 2.23. The van der Waals surface area contributed by atoms with Crippen LogP contribution in [0.4, 0.5) is 17.8 Å². The van der Waals surface area contributed by atoms with Crippen molar-refractivity contribution in [2.24, 2.45) is 5.84 Å². The number of anilines is 3. The molecule has 1 saturated heterocycles. The summed E-state index contributed by atoms with van der Waals surface area (Å²) in [7, 11) is 0. The molecule has 0 atom stereocenters. The fraction of sp³-hybridized carbons (Fsp3) is 0.417. The molecule has 4 N–H and O–H groups in total. The third kappa shape index (κ3) is 3.52. The number of hydrazine groups is 1. The number of rotatable bonds is 5. The maximum Gasteiger partial charge on any atom is 0.243 e. The number of thiophene rings is 1. The molecule has 21 heavy (non-hydrogen) atoms. The normalized spacial score (nSPS) is 14.5. The van der Waals surface area contributed by atoms with Gasteiger partial charge in [0.25, 0.3) is 0 Å². The summed E-state index contributed by atoms with van der Waals surface area (Å²) in [5, 5.41) is 3.18. The Balaban J connectivity index is 1.75. The quantitative estimate of drug-likeness (QED) is 0.572. The van der Waals surface area contributed by atoms with Crippen LogP contribution in [-0.2, 0) is 6.54 Å². The van der Waals surface area contributed by atoms with Crippen LogP contribution in [0.3, 0.4) is 0 Å². The summed E-state index contributed by atoms with van der Waals surface area (Å²) in [6, 6.07) is 3.85. The fourth-order valence-electron chi connectivity index (χ4n) is 2.18. The molecule has 0 amide bonds. The topological polar surface area (TPSA) is 92.0 Å². The Kier molecular flexibility index (Phi) is 4.37. The third-order valence-electron chi connectivity index (χ3n) is 3.19. The van der Waals surface area contributed by atoms with Crippen molar-refractivity contribution in [3.8, 4) is 0 Å². The van der Waals surface area contributed by atoms with Gasteiger partial charge in [0.05, 0.1) is 10.9 Å². The Morgan fingerprint density at radius 3 is 2.62 bits per heavy atom. The van der Waals surface area contributed by atoms with Gasteiger partial charge in [-0.05, 0) is 25.0 Å². The Labute approximate surface area is 131 Å². The lowest BCUT2D eigenvalue weighted by Gasteiger charge is -2.16. The first-order chi connectivity index (χ1) is 10.2. The molecule has 0 aliphatic carbocycles. The van der Waals surface area contributed by atoms with Gasteiger partial charge in [-0.3, -0.25) is 5.43 Å². The number of hydrogen-bond donors (Lipinski definition) is 3. The molecule has 2 aromatic heterocycles. The highest BCUT2D eigenvalue weighted by Gasteiger charge is 2.17. The van der Waals surface area contributed by atoms with Crippen molar-refractivity contribution in [3.05, 3.63) is 21.3 Å². The van der Waals surface area contributed by atoms with Crippen LogP contribution < -0.4 is 21.5 Å². The minimum absolute atomic E-state index is 0.360.